The van der Waals surface area contributed by atoms with Gasteiger partial charge in [-0.15, -0.1) is 0 Å². The summed E-state index contributed by atoms with van der Waals surface area (Å²) in [5.74, 6) is 5.94. The lowest BCUT2D eigenvalue weighted by Gasteiger charge is -2.12. The van der Waals surface area contributed by atoms with Crippen LogP contribution in [0.4, 0.5) is 21.7 Å². The Morgan fingerprint density at radius 2 is 2.07 bits per heavy atom. The molecule has 0 aliphatic carbocycles. The monoisotopic (exact) mass is 390 g/mol. The lowest BCUT2D eigenvalue weighted by molar-refractivity contribution is 0.621. The SMILES string of the molecule is CC(=NN)c1c(N)ncnc1Nc1ccc2c(cnn2Cc2cccc(F)c2)c1. The summed E-state index contributed by atoms with van der Waals surface area (Å²) in [5.41, 5.74) is 9.61. The lowest BCUT2D eigenvalue weighted by Crippen LogP contribution is -2.10. The normalized spacial score (nSPS) is 11.7. The van der Waals surface area contributed by atoms with Crippen molar-refractivity contribution in [3.63, 3.8) is 0 Å². The quantitative estimate of drug-likeness (QED) is 0.274. The predicted octanol–water partition coefficient (Wildman–Crippen LogP) is 3.02. The molecule has 2 heterocycles. The van der Waals surface area contributed by atoms with Crippen molar-refractivity contribution < 1.29 is 4.39 Å². The molecular formula is C20H19FN8. The minimum Gasteiger partial charge on any atom is -0.383 e. The summed E-state index contributed by atoms with van der Waals surface area (Å²) < 4.78 is 15.3. The zero-order valence-electron chi connectivity index (χ0n) is 15.7. The highest BCUT2D eigenvalue weighted by atomic mass is 19.1. The Hall–Kier alpha value is -4.01. The number of nitrogens with one attached hydrogen (secondary N) is 1. The van der Waals surface area contributed by atoms with Crippen molar-refractivity contribution in [2.45, 2.75) is 13.5 Å². The van der Waals surface area contributed by atoms with Crippen molar-refractivity contribution in [1.29, 1.82) is 0 Å². The Bertz CT molecular complexity index is 1210. The molecule has 0 bridgehead atoms. The number of hydrogen-bond donors (Lipinski definition) is 3. The van der Waals surface area contributed by atoms with E-state index in [1.54, 1.807) is 19.2 Å². The zero-order valence-corrected chi connectivity index (χ0v) is 15.7. The number of rotatable bonds is 5. The molecule has 29 heavy (non-hydrogen) atoms. The number of fused-ring (bicyclic) bond motifs is 1. The highest BCUT2D eigenvalue weighted by Crippen LogP contribution is 2.25. The van der Waals surface area contributed by atoms with Gasteiger partial charge in [-0.1, -0.05) is 12.1 Å². The van der Waals surface area contributed by atoms with Crippen LogP contribution >= 0.6 is 0 Å². The highest BCUT2D eigenvalue weighted by molar-refractivity contribution is 6.06. The molecule has 5 N–H and O–H groups in total. The van der Waals surface area contributed by atoms with Crippen LogP contribution in [0.15, 0.2) is 60.1 Å². The second-order valence-electron chi connectivity index (χ2n) is 6.53. The van der Waals surface area contributed by atoms with E-state index in [1.807, 2.05) is 28.9 Å². The third kappa shape index (κ3) is 3.70. The number of hydrazone groups is 1. The first kappa shape index (κ1) is 18.4. The van der Waals surface area contributed by atoms with Crippen molar-refractivity contribution in [3.05, 3.63) is 71.9 Å². The Kier molecular flexibility index (Phi) is 4.78. The molecule has 4 aromatic rings. The molecule has 0 saturated heterocycles. The summed E-state index contributed by atoms with van der Waals surface area (Å²) in [6.07, 6.45) is 3.14. The molecule has 146 valence electrons. The number of halogens is 1. The molecule has 2 aromatic carbocycles. The van der Waals surface area contributed by atoms with Gasteiger partial charge in [0.2, 0.25) is 0 Å². The van der Waals surface area contributed by atoms with E-state index < -0.39 is 0 Å². The third-order valence-electron chi connectivity index (χ3n) is 4.56. The van der Waals surface area contributed by atoms with E-state index in [0.29, 0.717) is 23.6 Å². The van der Waals surface area contributed by atoms with E-state index in [4.69, 9.17) is 11.6 Å². The molecule has 0 atom stereocenters. The predicted molar refractivity (Wildman–Crippen MR) is 111 cm³/mol. The molecule has 0 spiro atoms. The maximum atomic E-state index is 13.4. The highest BCUT2D eigenvalue weighted by Gasteiger charge is 2.13. The first-order valence-electron chi connectivity index (χ1n) is 8.87. The summed E-state index contributed by atoms with van der Waals surface area (Å²) in [7, 11) is 0. The second kappa shape index (κ2) is 7.55. The van der Waals surface area contributed by atoms with Gasteiger partial charge in [0.15, 0.2) is 0 Å². The molecule has 9 heteroatoms. The number of aromatic nitrogens is 4. The standard InChI is InChI=1S/C20H19FN8/c1-12(28-23)18-19(22)24-11-25-20(18)27-16-5-6-17-14(8-16)9-26-29(17)10-13-3-2-4-15(21)7-13/h2-9,11H,10,23H2,1H3,(H3,22,24,25,27). The van der Waals surface area contributed by atoms with E-state index in [-0.39, 0.29) is 11.6 Å². The van der Waals surface area contributed by atoms with Crippen LogP contribution in [0.3, 0.4) is 0 Å². The number of nitrogen functional groups attached to an aromatic ring is 1. The number of benzene rings is 2. The second-order valence-corrected chi connectivity index (χ2v) is 6.53. The van der Waals surface area contributed by atoms with E-state index in [2.05, 4.69) is 25.5 Å². The molecule has 8 nitrogen and oxygen atoms in total. The van der Waals surface area contributed by atoms with E-state index >= 15 is 0 Å². The minimum absolute atomic E-state index is 0.262. The number of nitrogens with zero attached hydrogens (tertiary/aromatic N) is 5. The van der Waals surface area contributed by atoms with Crippen molar-refractivity contribution in [3.8, 4) is 0 Å². The van der Waals surface area contributed by atoms with Crippen molar-refractivity contribution >= 4 is 33.9 Å². The van der Waals surface area contributed by atoms with Crippen molar-refractivity contribution in [2.24, 2.45) is 10.9 Å². The van der Waals surface area contributed by atoms with Gasteiger partial charge in [-0.2, -0.15) is 10.2 Å². The van der Waals surface area contributed by atoms with Crippen LogP contribution < -0.4 is 16.9 Å². The van der Waals surface area contributed by atoms with Crippen LogP contribution in [0.5, 0.6) is 0 Å². The van der Waals surface area contributed by atoms with Gasteiger partial charge in [0.1, 0.15) is 23.8 Å². The van der Waals surface area contributed by atoms with Gasteiger partial charge in [-0.3, -0.25) is 4.68 Å². The summed E-state index contributed by atoms with van der Waals surface area (Å²) in [4.78, 5) is 8.26. The molecular weight excluding hydrogens is 371 g/mol. The lowest BCUT2D eigenvalue weighted by atomic mass is 10.1. The maximum Gasteiger partial charge on any atom is 0.145 e. The van der Waals surface area contributed by atoms with Gasteiger partial charge in [-0.25, -0.2) is 14.4 Å². The van der Waals surface area contributed by atoms with Gasteiger partial charge in [-0.05, 0) is 42.8 Å². The van der Waals surface area contributed by atoms with Crippen LogP contribution in [0.1, 0.15) is 18.1 Å². The summed E-state index contributed by atoms with van der Waals surface area (Å²) in [5, 5.41) is 12.3. The molecule has 0 fully saturated rings. The fourth-order valence-corrected chi connectivity index (χ4v) is 3.15. The first-order valence-corrected chi connectivity index (χ1v) is 8.87. The Morgan fingerprint density at radius 1 is 1.21 bits per heavy atom. The molecule has 0 amide bonds. The van der Waals surface area contributed by atoms with Gasteiger partial charge < -0.3 is 16.9 Å². The maximum absolute atomic E-state index is 13.4. The number of nitrogens with two attached hydrogens (primary N) is 2. The van der Waals surface area contributed by atoms with E-state index in [9.17, 15) is 4.39 Å². The van der Waals surface area contributed by atoms with Gasteiger partial charge in [0.05, 0.1) is 29.5 Å². The van der Waals surface area contributed by atoms with Crippen LogP contribution in [-0.4, -0.2) is 25.5 Å². The van der Waals surface area contributed by atoms with Gasteiger partial charge in [0, 0.05) is 11.1 Å². The molecule has 2 aromatic heterocycles. The van der Waals surface area contributed by atoms with Crippen LogP contribution in [0, 0.1) is 5.82 Å². The smallest absolute Gasteiger partial charge is 0.145 e. The third-order valence-corrected chi connectivity index (χ3v) is 4.56. The number of anilines is 3. The van der Waals surface area contributed by atoms with Gasteiger partial charge in [0.25, 0.3) is 0 Å². The topological polar surface area (TPSA) is 120 Å². The molecule has 0 saturated carbocycles. The van der Waals surface area contributed by atoms with Crippen molar-refractivity contribution in [2.75, 3.05) is 11.1 Å². The minimum atomic E-state index is -0.262. The average molecular weight is 390 g/mol. The molecule has 0 aliphatic rings. The molecule has 4 rings (SSSR count). The summed E-state index contributed by atoms with van der Waals surface area (Å²) >= 11 is 0. The van der Waals surface area contributed by atoms with Crippen LogP contribution in [0.2, 0.25) is 0 Å². The van der Waals surface area contributed by atoms with E-state index in [0.717, 1.165) is 22.2 Å². The average Bonchev–Trinajstić information content (AvgIpc) is 3.09. The molecule has 0 aliphatic heterocycles. The van der Waals surface area contributed by atoms with Crippen LogP contribution in [0.25, 0.3) is 10.9 Å². The fourth-order valence-electron chi connectivity index (χ4n) is 3.15. The van der Waals surface area contributed by atoms with Crippen LogP contribution in [-0.2, 0) is 6.54 Å². The Balaban J connectivity index is 1.64. The summed E-state index contributed by atoms with van der Waals surface area (Å²) in [6.45, 7) is 2.21. The van der Waals surface area contributed by atoms with Crippen molar-refractivity contribution in [1.82, 2.24) is 19.7 Å². The Morgan fingerprint density at radius 3 is 2.86 bits per heavy atom. The molecule has 0 radical (unpaired) electrons. The van der Waals surface area contributed by atoms with E-state index in [1.165, 1.54) is 18.5 Å². The fraction of sp³-hybridized carbons (Fsp3) is 0.100. The Labute approximate surface area is 166 Å². The molecule has 0 unspecified atom stereocenters. The first-order chi connectivity index (χ1) is 14.0. The summed E-state index contributed by atoms with van der Waals surface area (Å²) in [6, 6.07) is 12.3. The number of hydrogen-bond acceptors (Lipinski definition) is 7. The largest absolute Gasteiger partial charge is 0.383 e. The zero-order chi connectivity index (χ0) is 20.4. The van der Waals surface area contributed by atoms with Gasteiger partial charge >= 0.3 is 0 Å².